The molecule has 3 aromatic rings. The third kappa shape index (κ3) is 5.45. The first kappa shape index (κ1) is 21.0. The Kier molecular flexibility index (Phi) is 6.87. The van der Waals surface area contributed by atoms with Gasteiger partial charge in [0.1, 0.15) is 17.9 Å². The molecule has 162 valence electrons. The lowest BCUT2D eigenvalue weighted by atomic mass is 10.1. The number of carbonyl (C=O) groups is 2. The fourth-order valence-electron chi connectivity index (χ4n) is 3.97. The first-order chi connectivity index (χ1) is 15.2. The van der Waals surface area contributed by atoms with Crippen LogP contribution in [0.5, 0.6) is 5.75 Å². The van der Waals surface area contributed by atoms with E-state index in [9.17, 15) is 9.59 Å². The average molecular weight is 421 g/mol. The van der Waals surface area contributed by atoms with Crippen LogP contribution in [-0.2, 0) is 16.1 Å². The summed E-state index contributed by atoms with van der Waals surface area (Å²) in [5.74, 6) is -0.188. The van der Waals surface area contributed by atoms with Gasteiger partial charge in [0.2, 0.25) is 5.76 Å². The SMILES string of the molecule is O=C(COC(=O)c1oc2ccccc2c1COc1ccccc1)NC1CCCCCC1. The minimum Gasteiger partial charge on any atom is -0.489 e. The number of amides is 1. The smallest absolute Gasteiger partial charge is 0.375 e. The molecule has 0 unspecified atom stereocenters. The predicted molar refractivity (Wildman–Crippen MR) is 117 cm³/mol. The number of nitrogens with one attached hydrogen (secondary N) is 1. The zero-order chi connectivity index (χ0) is 21.5. The van der Waals surface area contributed by atoms with Gasteiger partial charge in [-0.15, -0.1) is 0 Å². The highest BCUT2D eigenvalue weighted by molar-refractivity contribution is 5.96. The number of benzene rings is 2. The Hall–Kier alpha value is -3.28. The maximum atomic E-state index is 12.7. The van der Waals surface area contributed by atoms with Crippen LogP contribution in [0.25, 0.3) is 11.0 Å². The number of hydrogen-bond acceptors (Lipinski definition) is 5. The molecule has 6 nitrogen and oxygen atoms in total. The van der Waals surface area contributed by atoms with Gasteiger partial charge in [0, 0.05) is 11.4 Å². The summed E-state index contributed by atoms with van der Waals surface area (Å²) in [6, 6.07) is 16.9. The molecule has 0 aliphatic heterocycles. The summed E-state index contributed by atoms with van der Waals surface area (Å²) in [6.45, 7) is -0.176. The molecule has 1 amide bonds. The monoisotopic (exact) mass is 421 g/mol. The molecule has 0 radical (unpaired) electrons. The molecule has 1 saturated carbocycles. The van der Waals surface area contributed by atoms with E-state index in [1.165, 1.54) is 12.8 Å². The summed E-state index contributed by atoms with van der Waals surface area (Å²) in [5.41, 5.74) is 1.18. The van der Waals surface area contributed by atoms with Crippen LogP contribution in [0.4, 0.5) is 0 Å². The van der Waals surface area contributed by atoms with Gasteiger partial charge in [0.15, 0.2) is 6.61 Å². The highest BCUT2D eigenvalue weighted by Gasteiger charge is 2.24. The zero-order valence-corrected chi connectivity index (χ0v) is 17.5. The summed E-state index contributed by atoms with van der Waals surface area (Å²) in [4.78, 5) is 25.0. The van der Waals surface area contributed by atoms with E-state index >= 15 is 0 Å². The summed E-state index contributed by atoms with van der Waals surface area (Å²) in [7, 11) is 0. The van der Waals surface area contributed by atoms with Crippen LogP contribution in [-0.4, -0.2) is 24.5 Å². The molecule has 2 aromatic carbocycles. The molecule has 31 heavy (non-hydrogen) atoms. The fraction of sp³-hybridized carbons (Fsp3) is 0.360. The summed E-state index contributed by atoms with van der Waals surface area (Å²) < 4.78 is 16.9. The van der Waals surface area contributed by atoms with Crippen molar-refractivity contribution < 1.29 is 23.5 Å². The lowest BCUT2D eigenvalue weighted by Crippen LogP contribution is -2.37. The zero-order valence-electron chi connectivity index (χ0n) is 17.5. The predicted octanol–water partition coefficient (Wildman–Crippen LogP) is 5.01. The number of carbonyl (C=O) groups excluding carboxylic acids is 2. The molecule has 0 saturated heterocycles. The normalized spacial score (nSPS) is 14.7. The lowest BCUT2D eigenvalue weighted by Gasteiger charge is -2.16. The van der Waals surface area contributed by atoms with E-state index in [0.29, 0.717) is 16.9 Å². The van der Waals surface area contributed by atoms with Crippen molar-refractivity contribution in [3.8, 4) is 5.75 Å². The van der Waals surface area contributed by atoms with Gasteiger partial charge >= 0.3 is 5.97 Å². The second kappa shape index (κ2) is 10.2. The number of ether oxygens (including phenoxy) is 2. The molecule has 0 bridgehead atoms. The number of fused-ring (bicyclic) bond motifs is 1. The standard InChI is InChI=1S/C25H27NO5/c27-23(26-18-10-4-1-2-5-11-18)17-30-25(28)24-21(16-29-19-12-6-3-7-13-19)20-14-8-9-15-22(20)31-24/h3,6-9,12-15,18H,1-2,4-5,10-11,16-17H2,(H,26,27). The van der Waals surface area contributed by atoms with Crippen molar-refractivity contribution >= 4 is 22.8 Å². The van der Waals surface area contributed by atoms with Gasteiger partial charge in [-0.1, -0.05) is 62.1 Å². The van der Waals surface area contributed by atoms with Gasteiger partial charge in [-0.05, 0) is 31.0 Å². The quantitative estimate of drug-likeness (QED) is 0.429. The summed E-state index contributed by atoms with van der Waals surface area (Å²) >= 11 is 0. The van der Waals surface area contributed by atoms with E-state index in [2.05, 4.69) is 5.32 Å². The van der Waals surface area contributed by atoms with Crippen LogP contribution < -0.4 is 10.1 Å². The molecule has 4 rings (SSSR count). The minimum absolute atomic E-state index is 0.0689. The summed E-state index contributed by atoms with van der Waals surface area (Å²) in [6.07, 6.45) is 6.61. The highest BCUT2D eigenvalue weighted by atomic mass is 16.5. The molecular weight excluding hydrogens is 394 g/mol. The van der Waals surface area contributed by atoms with Crippen molar-refractivity contribution in [2.75, 3.05) is 6.61 Å². The average Bonchev–Trinajstić information content (AvgIpc) is 2.97. The molecule has 6 heteroatoms. The molecule has 1 heterocycles. The fourth-order valence-corrected chi connectivity index (χ4v) is 3.97. The van der Waals surface area contributed by atoms with Crippen molar-refractivity contribution in [2.24, 2.45) is 0 Å². The number of rotatable bonds is 7. The molecule has 0 atom stereocenters. The van der Waals surface area contributed by atoms with E-state index in [1.54, 1.807) is 6.07 Å². The molecule has 0 spiro atoms. The number of esters is 1. The van der Waals surface area contributed by atoms with Crippen LogP contribution in [0.2, 0.25) is 0 Å². The Bertz CT molecular complexity index is 1020. The minimum atomic E-state index is -0.668. The summed E-state index contributed by atoms with van der Waals surface area (Å²) in [5, 5.41) is 3.77. The Morgan fingerprint density at radius 3 is 2.42 bits per heavy atom. The van der Waals surface area contributed by atoms with Crippen LogP contribution in [0, 0.1) is 0 Å². The van der Waals surface area contributed by atoms with Crippen LogP contribution in [0.3, 0.4) is 0 Å². The topological polar surface area (TPSA) is 77.8 Å². The Labute approximate surface area is 181 Å². The molecular formula is C25H27NO5. The first-order valence-corrected chi connectivity index (χ1v) is 10.9. The van der Waals surface area contributed by atoms with Crippen molar-refractivity contribution in [3.05, 3.63) is 65.9 Å². The van der Waals surface area contributed by atoms with Crippen molar-refractivity contribution in [1.82, 2.24) is 5.32 Å². The van der Waals surface area contributed by atoms with Gasteiger partial charge in [-0.3, -0.25) is 4.79 Å². The molecule has 1 aliphatic rings. The molecule has 1 aliphatic carbocycles. The maximum absolute atomic E-state index is 12.7. The molecule has 1 fully saturated rings. The lowest BCUT2D eigenvalue weighted by molar-refractivity contribution is -0.125. The van der Waals surface area contributed by atoms with Crippen molar-refractivity contribution in [1.29, 1.82) is 0 Å². The van der Waals surface area contributed by atoms with E-state index in [-0.39, 0.29) is 30.9 Å². The maximum Gasteiger partial charge on any atom is 0.375 e. The van der Waals surface area contributed by atoms with E-state index in [0.717, 1.165) is 31.1 Å². The Morgan fingerprint density at radius 1 is 0.935 bits per heavy atom. The second-order valence-corrected chi connectivity index (χ2v) is 7.84. The largest absolute Gasteiger partial charge is 0.489 e. The number of para-hydroxylation sites is 2. The number of furan rings is 1. The first-order valence-electron chi connectivity index (χ1n) is 10.9. The van der Waals surface area contributed by atoms with Crippen molar-refractivity contribution in [2.45, 2.75) is 51.2 Å². The van der Waals surface area contributed by atoms with Gasteiger partial charge in [0.25, 0.3) is 5.91 Å². The second-order valence-electron chi connectivity index (χ2n) is 7.84. The molecule has 1 aromatic heterocycles. The van der Waals surface area contributed by atoms with Gasteiger partial charge in [-0.25, -0.2) is 4.79 Å². The van der Waals surface area contributed by atoms with E-state index in [4.69, 9.17) is 13.9 Å². The third-order valence-electron chi connectivity index (χ3n) is 5.56. The van der Waals surface area contributed by atoms with Crippen LogP contribution in [0.15, 0.2) is 59.0 Å². The highest BCUT2D eigenvalue weighted by Crippen LogP contribution is 2.28. The Balaban J connectivity index is 1.42. The Morgan fingerprint density at radius 2 is 1.65 bits per heavy atom. The van der Waals surface area contributed by atoms with E-state index in [1.807, 2.05) is 48.5 Å². The number of hydrogen-bond donors (Lipinski definition) is 1. The van der Waals surface area contributed by atoms with Gasteiger partial charge in [0.05, 0.1) is 5.56 Å². The third-order valence-corrected chi connectivity index (χ3v) is 5.56. The van der Waals surface area contributed by atoms with Crippen LogP contribution in [0.1, 0.15) is 54.6 Å². The van der Waals surface area contributed by atoms with Crippen molar-refractivity contribution in [3.63, 3.8) is 0 Å². The van der Waals surface area contributed by atoms with Crippen LogP contribution >= 0.6 is 0 Å². The van der Waals surface area contributed by atoms with Gasteiger partial charge in [-0.2, -0.15) is 0 Å². The molecule has 1 N–H and O–H groups in total. The van der Waals surface area contributed by atoms with Gasteiger partial charge < -0.3 is 19.2 Å². The van der Waals surface area contributed by atoms with E-state index < -0.39 is 5.97 Å².